The van der Waals surface area contributed by atoms with E-state index < -0.39 is 66.1 Å². The SMILES string of the molecule is CC(C)[C@H](NC(=O)[C@@H](c1ccccc1)C(N)C[C@H](c1ccccc1)c1cc(Cl)cc(Cl)c1)C(=O)C(F)(F)C(=O)NCC(F)(F)F. The molecule has 0 heterocycles. The first-order chi connectivity index (χ1) is 21.0. The topological polar surface area (TPSA) is 101 Å². The monoisotopic (exact) mass is 671 g/mol. The molecule has 4 atom stereocenters. The quantitative estimate of drug-likeness (QED) is 0.140. The Balaban J connectivity index is 1.96. The van der Waals surface area contributed by atoms with E-state index in [0.29, 0.717) is 21.2 Å². The van der Waals surface area contributed by atoms with Gasteiger partial charge in [-0.05, 0) is 47.2 Å². The Morgan fingerprint density at radius 2 is 1.31 bits per heavy atom. The summed E-state index contributed by atoms with van der Waals surface area (Å²) < 4.78 is 67.2. The van der Waals surface area contributed by atoms with Crippen LogP contribution in [-0.4, -0.2) is 48.3 Å². The molecule has 0 fully saturated rings. The molecule has 3 rings (SSSR count). The molecule has 0 aromatic heterocycles. The standard InChI is InChI=1S/C32H32Cl2F5N3O3/c1-18(2)27(28(43)32(38,39)30(45)41-17-31(35,36)37)42-29(44)26(20-11-7-4-8-12-20)25(40)16-24(19-9-5-3-6-10-19)21-13-22(33)15-23(34)14-21/h3-15,18,24-27H,16-17,40H2,1-2H3,(H,41,45)(H,42,44)/t24-,25?,26+,27+/m1/s1. The lowest BCUT2D eigenvalue weighted by Crippen LogP contribution is -2.58. The van der Waals surface area contributed by atoms with Crippen molar-refractivity contribution in [1.82, 2.24) is 10.6 Å². The van der Waals surface area contributed by atoms with E-state index in [1.807, 2.05) is 30.3 Å². The molecule has 0 saturated carbocycles. The van der Waals surface area contributed by atoms with Gasteiger partial charge in [0.15, 0.2) is 0 Å². The smallest absolute Gasteiger partial charge is 0.345 e. The minimum Gasteiger partial charge on any atom is -0.345 e. The Kier molecular flexibility index (Phi) is 12.1. The predicted molar refractivity (Wildman–Crippen MR) is 162 cm³/mol. The van der Waals surface area contributed by atoms with Crippen molar-refractivity contribution in [2.75, 3.05) is 6.54 Å². The number of nitrogens with one attached hydrogen (secondary N) is 2. The van der Waals surface area contributed by atoms with Crippen LogP contribution in [0.25, 0.3) is 0 Å². The van der Waals surface area contributed by atoms with Gasteiger partial charge in [-0.1, -0.05) is 97.7 Å². The summed E-state index contributed by atoms with van der Waals surface area (Å²) in [6, 6.07) is 19.5. The van der Waals surface area contributed by atoms with Gasteiger partial charge >= 0.3 is 12.1 Å². The number of Topliss-reactive ketones (excluding diaryl/α,β-unsaturated/α-hetero) is 1. The van der Waals surface area contributed by atoms with Gasteiger partial charge in [0.05, 0.1) is 12.0 Å². The zero-order chi connectivity index (χ0) is 33.5. The van der Waals surface area contributed by atoms with Gasteiger partial charge in [-0.25, -0.2) is 0 Å². The lowest BCUT2D eigenvalue weighted by atomic mass is 9.80. The highest BCUT2D eigenvalue weighted by Gasteiger charge is 2.52. The van der Waals surface area contributed by atoms with Crippen LogP contribution in [0.2, 0.25) is 10.0 Å². The highest BCUT2D eigenvalue weighted by atomic mass is 35.5. The van der Waals surface area contributed by atoms with Gasteiger partial charge in [0.1, 0.15) is 6.54 Å². The van der Waals surface area contributed by atoms with Crippen LogP contribution in [0, 0.1) is 5.92 Å². The Bertz CT molecular complexity index is 1450. The number of nitrogens with two attached hydrogens (primary N) is 1. The second-order valence-electron chi connectivity index (χ2n) is 10.9. The van der Waals surface area contributed by atoms with Crippen LogP contribution in [0.3, 0.4) is 0 Å². The molecular weight excluding hydrogens is 640 g/mol. The van der Waals surface area contributed by atoms with E-state index in [-0.39, 0.29) is 6.42 Å². The Morgan fingerprint density at radius 1 is 0.800 bits per heavy atom. The van der Waals surface area contributed by atoms with Crippen LogP contribution in [0.15, 0.2) is 78.9 Å². The van der Waals surface area contributed by atoms with Crippen molar-refractivity contribution >= 4 is 40.8 Å². The molecule has 3 aromatic rings. The predicted octanol–water partition coefficient (Wildman–Crippen LogP) is 6.65. The molecule has 13 heteroatoms. The van der Waals surface area contributed by atoms with Crippen LogP contribution in [0.4, 0.5) is 22.0 Å². The first kappa shape index (κ1) is 35.9. The van der Waals surface area contributed by atoms with E-state index in [1.54, 1.807) is 48.5 Å². The third-order valence-corrected chi connectivity index (χ3v) is 7.59. The maximum absolute atomic E-state index is 14.8. The maximum Gasteiger partial charge on any atom is 0.405 e. The van der Waals surface area contributed by atoms with Gasteiger partial charge in [0, 0.05) is 22.0 Å². The van der Waals surface area contributed by atoms with Crippen molar-refractivity contribution in [3.8, 4) is 0 Å². The second kappa shape index (κ2) is 15.2. The fourth-order valence-corrected chi connectivity index (χ4v) is 5.51. The number of rotatable bonds is 13. The van der Waals surface area contributed by atoms with Crippen molar-refractivity contribution < 1.29 is 36.3 Å². The average molecular weight is 673 g/mol. The van der Waals surface area contributed by atoms with E-state index in [0.717, 1.165) is 10.9 Å². The van der Waals surface area contributed by atoms with Crippen molar-refractivity contribution in [2.24, 2.45) is 11.7 Å². The number of hydrogen-bond donors (Lipinski definition) is 3. The normalized spacial score (nSPS) is 14.7. The molecule has 4 N–H and O–H groups in total. The fourth-order valence-electron chi connectivity index (χ4n) is 4.96. The molecule has 242 valence electrons. The van der Waals surface area contributed by atoms with Crippen molar-refractivity contribution in [2.45, 2.75) is 56.3 Å². The summed E-state index contributed by atoms with van der Waals surface area (Å²) in [5, 5.41) is 4.09. The van der Waals surface area contributed by atoms with Gasteiger partial charge in [-0.3, -0.25) is 14.4 Å². The molecule has 6 nitrogen and oxygen atoms in total. The van der Waals surface area contributed by atoms with E-state index in [2.05, 4.69) is 5.32 Å². The Morgan fingerprint density at radius 3 is 1.80 bits per heavy atom. The minimum atomic E-state index is -4.98. The van der Waals surface area contributed by atoms with Gasteiger partial charge in [0.25, 0.3) is 5.91 Å². The summed E-state index contributed by atoms with van der Waals surface area (Å²) in [5.74, 6) is -12.8. The average Bonchev–Trinajstić information content (AvgIpc) is 2.97. The molecule has 0 aliphatic carbocycles. The van der Waals surface area contributed by atoms with E-state index in [1.165, 1.54) is 13.8 Å². The minimum absolute atomic E-state index is 0.143. The number of amides is 2. The van der Waals surface area contributed by atoms with E-state index in [4.69, 9.17) is 28.9 Å². The lowest BCUT2D eigenvalue weighted by molar-refractivity contribution is -0.165. The molecule has 0 bridgehead atoms. The summed E-state index contributed by atoms with van der Waals surface area (Å²) in [6.45, 7) is 0.634. The van der Waals surface area contributed by atoms with Gasteiger partial charge < -0.3 is 16.4 Å². The molecule has 0 radical (unpaired) electrons. The van der Waals surface area contributed by atoms with Crippen molar-refractivity contribution in [1.29, 1.82) is 0 Å². The van der Waals surface area contributed by atoms with E-state index >= 15 is 0 Å². The third kappa shape index (κ3) is 9.72. The molecule has 3 aromatic carbocycles. The molecule has 0 aliphatic rings. The highest BCUT2D eigenvalue weighted by Crippen LogP contribution is 2.36. The van der Waals surface area contributed by atoms with E-state index in [9.17, 15) is 36.3 Å². The number of hydrogen-bond acceptors (Lipinski definition) is 4. The molecule has 0 aliphatic heterocycles. The number of ketones is 1. The largest absolute Gasteiger partial charge is 0.405 e. The molecule has 45 heavy (non-hydrogen) atoms. The number of carbonyl (C=O) groups is 3. The summed E-state index contributed by atoms with van der Waals surface area (Å²) >= 11 is 12.6. The molecule has 2 amide bonds. The maximum atomic E-state index is 14.8. The lowest BCUT2D eigenvalue weighted by Gasteiger charge is -2.31. The summed E-state index contributed by atoms with van der Waals surface area (Å²) in [4.78, 5) is 38.7. The summed E-state index contributed by atoms with van der Waals surface area (Å²) in [5.41, 5.74) is 8.67. The van der Waals surface area contributed by atoms with Gasteiger partial charge in [0.2, 0.25) is 11.7 Å². The highest BCUT2D eigenvalue weighted by molar-refractivity contribution is 6.34. The summed E-state index contributed by atoms with van der Waals surface area (Å²) in [7, 11) is 0. The van der Waals surface area contributed by atoms with Crippen molar-refractivity contribution in [3.63, 3.8) is 0 Å². The van der Waals surface area contributed by atoms with Crippen LogP contribution in [0.1, 0.15) is 48.8 Å². The number of halogens is 7. The Hall–Kier alpha value is -3.54. The third-order valence-electron chi connectivity index (χ3n) is 7.16. The molecule has 1 unspecified atom stereocenters. The van der Waals surface area contributed by atoms with Gasteiger partial charge in [-0.15, -0.1) is 0 Å². The van der Waals surface area contributed by atoms with Crippen LogP contribution >= 0.6 is 23.2 Å². The number of alkyl halides is 5. The van der Waals surface area contributed by atoms with Crippen LogP contribution in [0.5, 0.6) is 0 Å². The first-order valence-corrected chi connectivity index (χ1v) is 14.7. The first-order valence-electron chi connectivity index (χ1n) is 13.9. The number of benzene rings is 3. The number of carbonyl (C=O) groups excluding carboxylic acids is 3. The molecular formula is C32H32Cl2F5N3O3. The van der Waals surface area contributed by atoms with Crippen LogP contribution in [-0.2, 0) is 14.4 Å². The van der Waals surface area contributed by atoms with Crippen molar-refractivity contribution in [3.05, 3.63) is 106 Å². The molecule has 0 saturated heterocycles. The zero-order valence-electron chi connectivity index (χ0n) is 24.3. The summed E-state index contributed by atoms with van der Waals surface area (Å²) in [6.07, 6.45) is -4.84. The molecule has 0 spiro atoms. The van der Waals surface area contributed by atoms with Crippen LogP contribution < -0.4 is 16.4 Å². The zero-order valence-corrected chi connectivity index (χ0v) is 25.8. The van der Waals surface area contributed by atoms with Gasteiger partial charge in [-0.2, -0.15) is 22.0 Å². The fraction of sp³-hybridized carbons (Fsp3) is 0.344. The second-order valence-corrected chi connectivity index (χ2v) is 11.8. The Labute approximate surface area is 267 Å².